The van der Waals surface area contributed by atoms with E-state index in [1.807, 2.05) is 12.1 Å². The van der Waals surface area contributed by atoms with Crippen molar-refractivity contribution in [1.29, 1.82) is 0 Å². The molecule has 2 heterocycles. The number of rotatable bonds is 5. The van der Waals surface area contributed by atoms with Gasteiger partial charge < -0.3 is 20.4 Å². The van der Waals surface area contributed by atoms with E-state index in [1.54, 1.807) is 14.1 Å². The number of ether oxygens (including phenoxy) is 1. The summed E-state index contributed by atoms with van der Waals surface area (Å²) in [5.74, 6) is 0.774. The average molecular weight is 315 g/mol. The van der Waals surface area contributed by atoms with Crippen LogP contribution in [0.3, 0.4) is 0 Å². The summed E-state index contributed by atoms with van der Waals surface area (Å²) in [6.07, 6.45) is 2.66. The molecule has 0 atom stereocenters. The van der Waals surface area contributed by atoms with Crippen LogP contribution >= 0.6 is 0 Å². The third kappa shape index (κ3) is 2.76. The zero-order chi connectivity index (χ0) is 16.4. The molecule has 1 aromatic heterocycles. The van der Waals surface area contributed by atoms with Gasteiger partial charge in [-0.2, -0.15) is 0 Å². The number of carbonyl (C=O) groups is 2. The first kappa shape index (κ1) is 15.4. The van der Waals surface area contributed by atoms with Crippen molar-refractivity contribution in [2.75, 3.05) is 20.7 Å². The van der Waals surface area contributed by atoms with Crippen LogP contribution in [0, 0.1) is 0 Å². The Morgan fingerprint density at radius 2 is 2.09 bits per heavy atom. The smallest absolute Gasteiger partial charge is 0.267 e. The molecule has 3 N–H and O–H groups in total. The first-order valence-electron chi connectivity index (χ1n) is 7.87. The SMILES string of the molecule is CNC(=O)CCCc1c(C(=O)NC)[nH]c2ccc3c(c12)CCO3. The number of amides is 2. The van der Waals surface area contributed by atoms with Gasteiger partial charge in [-0.05, 0) is 30.5 Å². The summed E-state index contributed by atoms with van der Waals surface area (Å²) in [4.78, 5) is 26.9. The summed E-state index contributed by atoms with van der Waals surface area (Å²) < 4.78 is 5.64. The molecule has 6 nitrogen and oxygen atoms in total. The van der Waals surface area contributed by atoms with Crippen molar-refractivity contribution in [2.45, 2.75) is 25.7 Å². The van der Waals surface area contributed by atoms with Crippen molar-refractivity contribution in [1.82, 2.24) is 15.6 Å². The Bertz CT molecular complexity index is 764. The Labute approximate surface area is 134 Å². The summed E-state index contributed by atoms with van der Waals surface area (Å²) in [5, 5.41) is 6.39. The molecule has 0 saturated carbocycles. The van der Waals surface area contributed by atoms with Gasteiger partial charge in [-0.15, -0.1) is 0 Å². The standard InChI is InChI=1S/C17H21N3O3/c1-18-14(21)5-3-4-11-15-10-8-9-23-13(10)7-6-12(15)20-16(11)17(22)19-2/h6-7,20H,3-5,8-9H2,1-2H3,(H,18,21)(H,19,22). The molecule has 2 amide bonds. The van der Waals surface area contributed by atoms with Gasteiger partial charge in [-0.3, -0.25) is 9.59 Å². The van der Waals surface area contributed by atoms with Gasteiger partial charge in [0.15, 0.2) is 0 Å². The van der Waals surface area contributed by atoms with Crippen molar-refractivity contribution in [3.8, 4) is 5.75 Å². The quantitative estimate of drug-likeness (QED) is 0.782. The third-order valence-corrected chi connectivity index (χ3v) is 4.31. The van der Waals surface area contributed by atoms with Gasteiger partial charge in [0, 0.05) is 43.4 Å². The number of carbonyl (C=O) groups excluding carboxylic acids is 2. The molecule has 0 radical (unpaired) electrons. The number of hydrogen-bond acceptors (Lipinski definition) is 3. The largest absolute Gasteiger partial charge is 0.493 e. The zero-order valence-electron chi connectivity index (χ0n) is 13.4. The number of aromatic amines is 1. The molecule has 0 fully saturated rings. The summed E-state index contributed by atoms with van der Waals surface area (Å²) in [6, 6.07) is 3.90. The van der Waals surface area contributed by atoms with Crippen LogP contribution in [0.4, 0.5) is 0 Å². The topological polar surface area (TPSA) is 83.2 Å². The number of hydrogen-bond donors (Lipinski definition) is 3. The lowest BCUT2D eigenvalue weighted by atomic mass is 9.98. The lowest BCUT2D eigenvalue weighted by molar-refractivity contribution is -0.120. The van der Waals surface area contributed by atoms with Gasteiger partial charge in [0.2, 0.25) is 5.91 Å². The average Bonchev–Trinajstić information content (AvgIpc) is 3.17. The van der Waals surface area contributed by atoms with E-state index in [0.717, 1.165) is 34.2 Å². The monoisotopic (exact) mass is 315 g/mol. The normalized spacial score (nSPS) is 12.8. The Hall–Kier alpha value is -2.50. The molecule has 23 heavy (non-hydrogen) atoms. The molecule has 3 rings (SSSR count). The highest BCUT2D eigenvalue weighted by molar-refractivity contribution is 6.02. The number of nitrogens with one attached hydrogen (secondary N) is 3. The van der Waals surface area contributed by atoms with E-state index in [2.05, 4.69) is 15.6 Å². The maximum atomic E-state index is 12.2. The fourth-order valence-corrected chi connectivity index (χ4v) is 3.18. The number of fused-ring (bicyclic) bond motifs is 3. The minimum atomic E-state index is -0.135. The number of H-pyrrole nitrogens is 1. The lowest BCUT2D eigenvalue weighted by Crippen LogP contribution is -2.20. The molecule has 6 heteroatoms. The molecule has 1 aliphatic rings. The molecule has 0 saturated heterocycles. The first-order chi connectivity index (χ1) is 11.2. The number of aryl methyl sites for hydroxylation is 1. The molecule has 0 aliphatic carbocycles. The molecular weight excluding hydrogens is 294 g/mol. The second-order valence-electron chi connectivity index (χ2n) is 5.65. The molecule has 0 spiro atoms. The van der Waals surface area contributed by atoms with Crippen molar-refractivity contribution < 1.29 is 14.3 Å². The second-order valence-corrected chi connectivity index (χ2v) is 5.65. The van der Waals surface area contributed by atoms with Crippen molar-refractivity contribution in [2.24, 2.45) is 0 Å². The van der Waals surface area contributed by atoms with Gasteiger partial charge in [0.05, 0.1) is 6.61 Å². The van der Waals surface area contributed by atoms with Crippen LogP contribution in [0.5, 0.6) is 5.75 Å². The molecule has 122 valence electrons. The predicted octanol–water partition coefficient (Wildman–Crippen LogP) is 1.53. The van der Waals surface area contributed by atoms with E-state index in [4.69, 9.17) is 4.74 Å². The van der Waals surface area contributed by atoms with Crippen molar-refractivity contribution in [3.63, 3.8) is 0 Å². The maximum absolute atomic E-state index is 12.2. The third-order valence-electron chi connectivity index (χ3n) is 4.31. The Morgan fingerprint density at radius 3 is 2.83 bits per heavy atom. The highest BCUT2D eigenvalue weighted by Crippen LogP contribution is 2.36. The van der Waals surface area contributed by atoms with Crippen LogP contribution in [-0.4, -0.2) is 37.5 Å². The summed E-state index contributed by atoms with van der Waals surface area (Å²) in [5.41, 5.74) is 3.66. The Balaban J connectivity index is 2.02. The van der Waals surface area contributed by atoms with E-state index < -0.39 is 0 Å². The second kappa shape index (κ2) is 6.32. The van der Waals surface area contributed by atoms with E-state index in [9.17, 15) is 9.59 Å². The van der Waals surface area contributed by atoms with Gasteiger partial charge >= 0.3 is 0 Å². The van der Waals surface area contributed by atoms with E-state index in [1.165, 1.54) is 0 Å². The summed E-state index contributed by atoms with van der Waals surface area (Å²) in [6.45, 7) is 0.673. The molecule has 0 bridgehead atoms. The van der Waals surface area contributed by atoms with Crippen LogP contribution < -0.4 is 15.4 Å². The van der Waals surface area contributed by atoms with E-state index in [-0.39, 0.29) is 11.8 Å². The van der Waals surface area contributed by atoms with E-state index >= 15 is 0 Å². The van der Waals surface area contributed by atoms with Crippen LogP contribution in [0.2, 0.25) is 0 Å². The zero-order valence-corrected chi connectivity index (χ0v) is 13.4. The maximum Gasteiger partial charge on any atom is 0.267 e. The first-order valence-corrected chi connectivity index (χ1v) is 7.87. The van der Waals surface area contributed by atoms with Crippen LogP contribution in [0.15, 0.2) is 12.1 Å². The minimum absolute atomic E-state index is 0.0138. The molecule has 1 aliphatic heterocycles. The molecule has 1 aromatic carbocycles. The highest BCUT2D eigenvalue weighted by Gasteiger charge is 2.23. The van der Waals surface area contributed by atoms with Crippen LogP contribution in [-0.2, 0) is 17.6 Å². The van der Waals surface area contributed by atoms with Gasteiger partial charge in [0.25, 0.3) is 5.91 Å². The minimum Gasteiger partial charge on any atom is -0.493 e. The number of benzene rings is 1. The number of aromatic nitrogens is 1. The summed E-state index contributed by atoms with van der Waals surface area (Å²) in [7, 11) is 3.25. The van der Waals surface area contributed by atoms with Gasteiger partial charge in [0.1, 0.15) is 11.4 Å². The van der Waals surface area contributed by atoms with Crippen molar-refractivity contribution >= 4 is 22.7 Å². The van der Waals surface area contributed by atoms with Gasteiger partial charge in [-0.1, -0.05) is 0 Å². The molecule has 2 aromatic rings. The Kier molecular flexibility index (Phi) is 4.23. The highest BCUT2D eigenvalue weighted by atomic mass is 16.5. The molecular formula is C17H21N3O3. The fourth-order valence-electron chi connectivity index (χ4n) is 3.18. The van der Waals surface area contributed by atoms with Crippen molar-refractivity contribution in [3.05, 3.63) is 29.0 Å². The van der Waals surface area contributed by atoms with Gasteiger partial charge in [-0.25, -0.2) is 0 Å². The predicted molar refractivity (Wildman–Crippen MR) is 87.9 cm³/mol. The van der Waals surface area contributed by atoms with Crippen LogP contribution in [0.1, 0.15) is 34.5 Å². The summed E-state index contributed by atoms with van der Waals surface area (Å²) >= 11 is 0. The molecule has 0 unspecified atom stereocenters. The lowest BCUT2D eigenvalue weighted by Gasteiger charge is -2.06. The van der Waals surface area contributed by atoms with Crippen LogP contribution in [0.25, 0.3) is 10.9 Å². The Morgan fingerprint density at radius 1 is 1.26 bits per heavy atom. The van der Waals surface area contributed by atoms with E-state index in [0.29, 0.717) is 31.6 Å². The fraction of sp³-hybridized carbons (Fsp3) is 0.412.